The molecule has 0 aliphatic carbocycles. The number of carbonyl (C=O) groups excluding carboxylic acids is 2. The van der Waals surface area contributed by atoms with E-state index in [1.54, 1.807) is 14.0 Å². The Hall–Kier alpha value is -0.900. The summed E-state index contributed by atoms with van der Waals surface area (Å²) < 4.78 is 0. The van der Waals surface area contributed by atoms with E-state index in [0.29, 0.717) is 6.42 Å². The Morgan fingerprint density at radius 1 is 1.44 bits per heavy atom. The molecular weight excluding hydrogens is 204 g/mol. The first-order valence-electron chi connectivity index (χ1n) is 5.92. The van der Waals surface area contributed by atoms with Crippen molar-refractivity contribution in [3.05, 3.63) is 0 Å². The van der Waals surface area contributed by atoms with Crippen molar-refractivity contribution in [2.24, 2.45) is 5.41 Å². The van der Waals surface area contributed by atoms with Crippen LogP contribution in [0.3, 0.4) is 0 Å². The maximum atomic E-state index is 11.7. The Labute approximate surface area is 97.4 Å². The summed E-state index contributed by atoms with van der Waals surface area (Å²) >= 11 is 0. The number of hydrogen-bond donors (Lipinski definition) is 1. The van der Waals surface area contributed by atoms with Gasteiger partial charge in [0.15, 0.2) is 0 Å². The normalized spacial score (nSPS) is 25.7. The van der Waals surface area contributed by atoms with Crippen LogP contribution in [0, 0.1) is 5.41 Å². The molecular formula is C12H22N2O2. The zero-order valence-corrected chi connectivity index (χ0v) is 10.5. The van der Waals surface area contributed by atoms with Gasteiger partial charge >= 0.3 is 0 Å². The minimum Gasteiger partial charge on any atom is -0.359 e. The number of amides is 1. The molecule has 92 valence electrons. The maximum absolute atomic E-state index is 11.7. The van der Waals surface area contributed by atoms with E-state index in [1.807, 2.05) is 6.92 Å². The summed E-state index contributed by atoms with van der Waals surface area (Å²) in [6.07, 6.45) is 2.46. The highest BCUT2D eigenvalue weighted by molar-refractivity contribution is 5.82. The Bertz CT molecular complexity index is 278. The second-order valence-electron chi connectivity index (χ2n) is 4.97. The fourth-order valence-electron chi connectivity index (χ4n) is 2.29. The van der Waals surface area contributed by atoms with Gasteiger partial charge in [0.25, 0.3) is 0 Å². The molecule has 0 saturated carbocycles. The van der Waals surface area contributed by atoms with E-state index in [-0.39, 0.29) is 17.1 Å². The second kappa shape index (κ2) is 5.43. The van der Waals surface area contributed by atoms with E-state index >= 15 is 0 Å². The van der Waals surface area contributed by atoms with E-state index < -0.39 is 0 Å². The lowest BCUT2D eigenvalue weighted by Gasteiger charge is -2.22. The molecule has 1 aliphatic rings. The third-order valence-corrected chi connectivity index (χ3v) is 3.33. The molecule has 0 aromatic rings. The van der Waals surface area contributed by atoms with Gasteiger partial charge in [0, 0.05) is 20.0 Å². The van der Waals surface area contributed by atoms with Crippen molar-refractivity contribution in [3.63, 3.8) is 0 Å². The van der Waals surface area contributed by atoms with E-state index in [4.69, 9.17) is 0 Å². The number of nitrogens with one attached hydrogen (secondary N) is 1. The molecule has 1 rings (SSSR count). The molecule has 1 unspecified atom stereocenters. The minimum atomic E-state index is -0.245. The summed E-state index contributed by atoms with van der Waals surface area (Å²) in [6.45, 7) is 6.33. The third-order valence-electron chi connectivity index (χ3n) is 3.33. The summed E-state index contributed by atoms with van der Waals surface area (Å²) in [7, 11) is 1.69. The number of rotatable bonds is 5. The van der Waals surface area contributed by atoms with Crippen molar-refractivity contribution in [2.45, 2.75) is 33.1 Å². The number of Topliss-reactive ketones (excluding diaryl/α,β-unsaturated/α-hetero) is 1. The van der Waals surface area contributed by atoms with Gasteiger partial charge in [0.2, 0.25) is 5.91 Å². The van der Waals surface area contributed by atoms with Gasteiger partial charge in [-0.05, 0) is 39.8 Å². The van der Waals surface area contributed by atoms with E-state index in [1.165, 1.54) is 0 Å². The zero-order chi connectivity index (χ0) is 12.2. The van der Waals surface area contributed by atoms with Crippen LogP contribution in [-0.2, 0) is 9.59 Å². The molecule has 0 aromatic heterocycles. The minimum absolute atomic E-state index is 0.126. The molecule has 1 heterocycles. The maximum Gasteiger partial charge on any atom is 0.227 e. The largest absolute Gasteiger partial charge is 0.359 e. The van der Waals surface area contributed by atoms with Gasteiger partial charge in [-0.25, -0.2) is 0 Å². The Kier molecular flexibility index (Phi) is 4.47. The van der Waals surface area contributed by atoms with Crippen LogP contribution in [0.15, 0.2) is 0 Å². The summed E-state index contributed by atoms with van der Waals surface area (Å²) in [5, 5.41) is 2.72. The van der Waals surface area contributed by atoms with Crippen LogP contribution in [0.4, 0.5) is 0 Å². The van der Waals surface area contributed by atoms with Crippen LogP contribution in [0.2, 0.25) is 0 Å². The van der Waals surface area contributed by atoms with Crippen molar-refractivity contribution in [1.82, 2.24) is 10.2 Å². The van der Waals surface area contributed by atoms with Gasteiger partial charge in [0.1, 0.15) is 5.78 Å². The molecule has 0 bridgehead atoms. The third kappa shape index (κ3) is 3.30. The lowest BCUT2D eigenvalue weighted by atomic mass is 9.89. The highest BCUT2D eigenvalue weighted by atomic mass is 16.2. The first kappa shape index (κ1) is 13.2. The van der Waals surface area contributed by atoms with Gasteiger partial charge in [-0.2, -0.15) is 0 Å². The molecule has 16 heavy (non-hydrogen) atoms. The fourth-order valence-corrected chi connectivity index (χ4v) is 2.29. The number of nitrogens with zero attached hydrogens (tertiary/aromatic N) is 1. The summed E-state index contributed by atoms with van der Waals surface area (Å²) in [6, 6.07) is 0. The predicted octanol–water partition coefficient (Wildman–Crippen LogP) is 0.814. The molecule has 4 nitrogen and oxygen atoms in total. The monoisotopic (exact) mass is 226 g/mol. The number of hydrogen-bond acceptors (Lipinski definition) is 3. The van der Waals surface area contributed by atoms with Crippen LogP contribution in [0.1, 0.15) is 33.1 Å². The quantitative estimate of drug-likeness (QED) is 0.755. The second-order valence-corrected chi connectivity index (χ2v) is 4.97. The molecule has 4 heteroatoms. The fraction of sp³-hybridized carbons (Fsp3) is 0.833. The summed E-state index contributed by atoms with van der Waals surface area (Å²) in [5.74, 6) is 0.370. The van der Waals surface area contributed by atoms with Crippen molar-refractivity contribution in [3.8, 4) is 0 Å². The van der Waals surface area contributed by atoms with Crippen LogP contribution >= 0.6 is 0 Å². The molecule has 1 N–H and O–H groups in total. The molecule has 0 radical (unpaired) electrons. The molecule has 1 saturated heterocycles. The topological polar surface area (TPSA) is 49.4 Å². The number of likely N-dealkylation sites (tertiary alicyclic amines) is 1. The standard InChI is InChI=1S/C12H22N2O2/c1-10(15)5-4-7-14-8-6-12(2,9-14)11(16)13-3/h4-9H2,1-3H3,(H,13,16). The number of carbonyl (C=O) groups is 2. The lowest BCUT2D eigenvalue weighted by molar-refractivity contribution is -0.129. The van der Waals surface area contributed by atoms with Gasteiger partial charge < -0.3 is 15.0 Å². The van der Waals surface area contributed by atoms with Crippen LogP contribution in [-0.4, -0.2) is 43.3 Å². The summed E-state index contributed by atoms with van der Waals surface area (Å²) in [5.41, 5.74) is -0.245. The van der Waals surface area contributed by atoms with Gasteiger partial charge in [-0.15, -0.1) is 0 Å². The highest BCUT2D eigenvalue weighted by Gasteiger charge is 2.39. The molecule has 0 spiro atoms. The highest BCUT2D eigenvalue weighted by Crippen LogP contribution is 2.29. The van der Waals surface area contributed by atoms with Crippen molar-refractivity contribution < 1.29 is 9.59 Å². The Balaban J connectivity index is 2.34. The van der Waals surface area contributed by atoms with E-state index in [9.17, 15) is 9.59 Å². The van der Waals surface area contributed by atoms with E-state index in [2.05, 4.69) is 10.2 Å². The van der Waals surface area contributed by atoms with Crippen molar-refractivity contribution in [2.75, 3.05) is 26.7 Å². The van der Waals surface area contributed by atoms with Crippen molar-refractivity contribution in [1.29, 1.82) is 0 Å². The molecule has 0 aromatic carbocycles. The SMILES string of the molecule is CNC(=O)C1(C)CCN(CCCC(C)=O)C1. The summed E-state index contributed by atoms with van der Waals surface area (Å²) in [4.78, 5) is 24.8. The molecule has 1 atom stereocenters. The zero-order valence-electron chi connectivity index (χ0n) is 10.5. The molecule has 1 aliphatic heterocycles. The Morgan fingerprint density at radius 3 is 2.69 bits per heavy atom. The lowest BCUT2D eigenvalue weighted by Crippen LogP contribution is -2.39. The van der Waals surface area contributed by atoms with E-state index in [0.717, 1.165) is 32.5 Å². The first-order chi connectivity index (χ1) is 7.48. The average Bonchev–Trinajstić information content (AvgIpc) is 2.60. The predicted molar refractivity (Wildman–Crippen MR) is 63.1 cm³/mol. The van der Waals surface area contributed by atoms with Crippen molar-refractivity contribution >= 4 is 11.7 Å². The van der Waals surface area contributed by atoms with Crippen LogP contribution in [0.5, 0.6) is 0 Å². The Morgan fingerprint density at radius 2 is 2.12 bits per heavy atom. The van der Waals surface area contributed by atoms with Crippen LogP contribution < -0.4 is 5.32 Å². The number of ketones is 1. The van der Waals surface area contributed by atoms with Crippen LogP contribution in [0.25, 0.3) is 0 Å². The van der Waals surface area contributed by atoms with Gasteiger partial charge in [-0.3, -0.25) is 4.79 Å². The average molecular weight is 226 g/mol. The smallest absolute Gasteiger partial charge is 0.227 e. The first-order valence-corrected chi connectivity index (χ1v) is 5.92. The molecule has 1 fully saturated rings. The van der Waals surface area contributed by atoms with Gasteiger partial charge in [-0.1, -0.05) is 0 Å². The molecule has 1 amide bonds. The van der Waals surface area contributed by atoms with Gasteiger partial charge in [0.05, 0.1) is 5.41 Å².